The first-order valence-corrected chi connectivity index (χ1v) is 5.70. The third kappa shape index (κ3) is 3.90. The largest absolute Gasteiger partial charge is 0.353 e. The van der Waals surface area contributed by atoms with E-state index >= 15 is 0 Å². The number of amides is 2. The number of nitrogens with zero attached hydrogens (tertiary/aromatic N) is 1. The first-order valence-electron chi connectivity index (χ1n) is 5.70. The number of hydrogen-bond donors (Lipinski definition) is 1. The van der Waals surface area contributed by atoms with Gasteiger partial charge in [-0.25, -0.2) is 0 Å². The Morgan fingerprint density at radius 1 is 1.33 bits per heavy atom. The molecular formula is C11H20N2O2. The van der Waals surface area contributed by atoms with Gasteiger partial charge in [-0.3, -0.25) is 9.59 Å². The van der Waals surface area contributed by atoms with Gasteiger partial charge in [0.1, 0.15) is 6.42 Å². The minimum Gasteiger partial charge on any atom is -0.353 e. The Balaban J connectivity index is 2.27. The molecule has 1 aliphatic rings. The lowest BCUT2D eigenvalue weighted by molar-refractivity contribution is -0.135. The third-order valence-corrected chi connectivity index (χ3v) is 2.79. The van der Waals surface area contributed by atoms with Crippen LogP contribution >= 0.6 is 0 Å². The van der Waals surface area contributed by atoms with Gasteiger partial charge in [0.25, 0.3) is 0 Å². The molecule has 1 N–H and O–H groups in total. The quantitative estimate of drug-likeness (QED) is 0.704. The molecule has 0 aliphatic carbocycles. The highest BCUT2D eigenvalue weighted by Crippen LogP contribution is 2.08. The van der Waals surface area contributed by atoms with Crippen molar-refractivity contribution >= 4 is 11.8 Å². The summed E-state index contributed by atoms with van der Waals surface area (Å²) in [5, 5.41) is 2.80. The van der Waals surface area contributed by atoms with Crippen molar-refractivity contribution in [3.8, 4) is 0 Å². The van der Waals surface area contributed by atoms with Gasteiger partial charge in [0.2, 0.25) is 11.8 Å². The summed E-state index contributed by atoms with van der Waals surface area (Å²) in [6, 6.07) is 0.156. The van der Waals surface area contributed by atoms with E-state index in [1.54, 1.807) is 4.90 Å². The van der Waals surface area contributed by atoms with Crippen LogP contribution in [0, 0.1) is 0 Å². The van der Waals surface area contributed by atoms with Crippen LogP contribution in [0.15, 0.2) is 0 Å². The predicted octanol–water partition coefficient (Wildman–Crippen LogP) is 0.914. The van der Waals surface area contributed by atoms with Crippen molar-refractivity contribution in [2.24, 2.45) is 0 Å². The highest BCUT2D eigenvalue weighted by atomic mass is 16.2. The van der Waals surface area contributed by atoms with Crippen LogP contribution < -0.4 is 5.32 Å². The van der Waals surface area contributed by atoms with Gasteiger partial charge in [-0.05, 0) is 26.2 Å². The van der Waals surface area contributed by atoms with Crippen LogP contribution in [0.25, 0.3) is 0 Å². The number of likely N-dealkylation sites (tertiary alicyclic amines) is 1. The molecule has 4 nitrogen and oxygen atoms in total. The van der Waals surface area contributed by atoms with Gasteiger partial charge in [-0.2, -0.15) is 0 Å². The van der Waals surface area contributed by atoms with Crippen molar-refractivity contribution in [2.45, 2.75) is 45.6 Å². The first-order chi connectivity index (χ1) is 7.13. The summed E-state index contributed by atoms with van der Waals surface area (Å²) >= 11 is 0. The monoisotopic (exact) mass is 212 g/mol. The van der Waals surface area contributed by atoms with Gasteiger partial charge in [0, 0.05) is 19.1 Å². The lowest BCUT2D eigenvalue weighted by atomic mass is 10.2. The normalized spacial score (nSPS) is 17.6. The maximum atomic E-state index is 11.6. The van der Waals surface area contributed by atoms with Crippen molar-refractivity contribution in [1.29, 1.82) is 0 Å². The van der Waals surface area contributed by atoms with Gasteiger partial charge in [0.15, 0.2) is 0 Å². The fourth-order valence-corrected chi connectivity index (χ4v) is 1.64. The Morgan fingerprint density at radius 2 is 1.93 bits per heavy atom. The van der Waals surface area contributed by atoms with E-state index in [0.717, 1.165) is 32.4 Å². The smallest absolute Gasteiger partial charge is 0.232 e. The van der Waals surface area contributed by atoms with E-state index < -0.39 is 0 Å². The summed E-state index contributed by atoms with van der Waals surface area (Å²) in [5.74, 6) is -0.186. The van der Waals surface area contributed by atoms with Crippen LogP contribution in [-0.2, 0) is 9.59 Å². The van der Waals surface area contributed by atoms with Gasteiger partial charge in [0.05, 0.1) is 0 Å². The number of nitrogens with one attached hydrogen (secondary N) is 1. The molecule has 0 aromatic rings. The highest BCUT2D eigenvalue weighted by Gasteiger charge is 2.20. The maximum Gasteiger partial charge on any atom is 0.232 e. The van der Waals surface area contributed by atoms with Crippen LogP contribution in [0.2, 0.25) is 0 Å². The summed E-state index contributed by atoms with van der Waals surface area (Å²) < 4.78 is 0. The Hall–Kier alpha value is -1.06. The number of hydrogen-bond acceptors (Lipinski definition) is 2. The lowest BCUT2D eigenvalue weighted by Crippen LogP contribution is -2.37. The molecule has 1 unspecified atom stereocenters. The molecule has 0 saturated carbocycles. The van der Waals surface area contributed by atoms with Crippen LogP contribution in [0.3, 0.4) is 0 Å². The topological polar surface area (TPSA) is 49.4 Å². The molecule has 1 aliphatic heterocycles. The second-order valence-corrected chi connectivity index (χ2v) is 4.14. The molecule has 1 fully saturated rings. The van der Waals surface area contributed by atoms with E-state index in [1.807, 2.05) is 13.8 Å². The minimum atomic E-state index is -0.152. The molecule has 15 heavy (non-hydrogen) atoms. The first kappa shape index (κ1) is 12.0. The number of carbonyl (C=O) groups is 2. The Morgan fingerprint density at radius 3 is 2.47 bits per heavy atom. The molecule has 1 heterocycles. The highest BCUT2D eigenvalue weighted by molar-refractivity contribution is 5.97. The van der Waals surface area contributed by atoms with E-state index in [2.05, 4.69) is 5.32 Å². The Labute approximate surface area is 91.0 Å². The minimum absolute atomic E-state index is 0.00431. The summed E-state index contributed by atoms with van der Waals surface area (Å²) in [4.78, 5) is 24.8. The molecule has 0 aromatic carbocycles. The molecular weight excluding hydrogens is 192 g/mol. The molecule has 1 atom stereocenters. The van der Waals surface area contributed by atoms with Crippen LogP contribution in [0.1, 0.15) is 39.5 Å². The average Bonchev–Trinajstić information content (AvgIpc) is 2.70. The lowest BCUT2D eigenvalue weighted by Gasteiger charge is -2.16. The van der Waals surface area contributed by atoms with Crippen molar-refractivity contribution in [1.82, 2.24) is 10.2 Å². The van der Waals surface area contributed by atoms with Crippen LogP contribution in [0.4, 0.5) is 0 Å². The maximum absolute atomic E-state index is 11.6. The summed E-state index contributed by atoms with van der Waals surface area (Å²) in [6.07, 6.45) is 3.03. The SMILES string of the molecule is CCC(C)NC(=O)CC(=O)N1CCCC1. The Kier molecular flexibility index (Phi) is 4.59. The molecule has 0 bridgehead atoms. The van der Waals surface area contributed by atoms with Crippen LogP contribution in [0.5, 0.6) is 0 Å². The summed E-state index contributed by atoms with van der Waals surface area (Å²) in [6.45, 7) is 5.58. The molecule has 4 heteroatoms. The molecule has 0 aromatic heterocycles. The fourth-order valence-electron chi connectivity index (χ4n) is 1.64. The number of rotatable bonds is 4. The molecule has 86 valence electrons. The zero-order valence-electron chi connectivity index (χ0n) is 9.58. The van der Waals surface area contributed by atoms with E-state index in [-0.39, 0.29) is 24.3 Å². The Bertz CT molecular complexity index is 235. The van der Waals surface area contributed by atoms with E-state index in [9.17, 15) is 9.59 Å². The molecule has 1 saturated heterocycles. The summed E-state index contributed by atoms with van der Waals surface area (Å²) in [7, 11) is 0. The van der Waals surface area contributed by atoms with E-state index in [4.69, 9.17) is 0 Å². The van der Waals surface area contributed by atoms with E-state index in [1.165, 1.54) is 0 Å². The molecule has 2 amide bonds. The standard InChI is InChI=1S/C11H20N2O2/c1-3-9(2)12-10(14)8-11(15)13-6-4-5-7-13/h9H,3-8H2,1-2H3,(H,12,14). The zero-order valence-corrected chi connectivity index (χ0v) is 9.58. The van der Waals surface area contributed by atoms with Gasteiger partial charge >= 0.3 is 0 Å². The van der Waals surface area contributed by atoms with Crippen molar-refractivity contribution < 1.29 is 9.59 Å². The van der Waals surface area contributed by atoms with Gasteiger partial charge < -0.3 is 10.2 Å². The van der Waals surface area contributed by atoms with Crippen molar-refractivity contribution in [3.63, 3.8) is 0 Å². The molecule has 1 rings (SSSR count). The van der Waals surface area contributed by atoms with Crippen LogP contribution in [-0.4, -0.2) is 35.8 Å². The van der Waals surface area contributed by atoms with E-state index in [0.29, 0.717) is 0 Å². The average molecular weight is 212 g/mol. The predicted molar refractivity (Wildman–Crippen MR) is 58.3 cm³/mol. The number of carbonyl (C=O) groups excluding carboxylic acids is 2. The second-order valence-electron chi connectivity index (χ2n) is 4.14. The molecule has 0 spiro atoms. The fraction of sp³-hybridized carbons (Fsp3) is 0.818. The van der Waals surface area contributed by atoms with Crippen molar-refractivity contribution in [2.75, 3.05) is 13.1 Å². The third-order valence-electron chi connectivity index (χ3n) is 2.79. The second kappa shape index (κ2) is 5.73. The summed E-state index contributed by atoms with van der Waals surface area (Å²) in [5.41, 5.74) is 0. The molecule has 0 radical (unpaired) electrons. The van der Waals surface area contributed by atoms with Gasteiger partial charge in [-0.15, -0.1) is 0 Å². The van der Waals surface area contributed by atoms with Crippen molar-refractivity contribution in [3.05, 3.63) is 0 Å². The zero-order chi connectivity index (χ0) is 11.3. The van der Waals surface area contributed by atoms with Gasteiger partial charge in [-0.1, -0.05) is 6.92 Å².